The molecule has 3 aromatic carbocycles. The summed E-state index contributed by atoms with van der Waals surface area (Å²) in [6.07, 6.45) is 4.66. The maximum Gasteiger partial charge on any atom is 0.338 e. The number of benzene rings is 3. The van der Waals surface area contributed by atoms with Crippen molar-refractivity contribution in [1.82, 2.24) is 0 Å². The first kappa shape index (κ1) is 16.3. The number of carbonyl (C=O) groups excluding carboxylic acids is 1. The molecule has 0 aliphatic heterocycles. The fourth-order valence-corrected chi connectivity index (χ4v) is 6.02. The van der Waals surface area contributed by atoms with Gasteiger partial charge in [0.25, 0.3) is 0 Å². The first-order valence-electron chi connectivity index (χ1n) is 7.70. The summed E-state index contributed by atoms with van der Waals surface area (Å²) in [5.41, 5.74) is 0.580. The third-order valence-electron chi connectivity index (χ3n) is 4.11. The Bertz CT molecular complexity index is 842. The van der Waals surface area contributed by atoms with Gasteiger partial charge in [-0.3, -0.25) is 0 Å². The zero-order valence-corrected chi connectivity index (χ0v) is 14.4. The van der Waals surface area contributed by atoms with E-state index in [0.717, 1.165) is 15.9 Å². The molecule has 24 heavy (non-hydrogen) atoms. The molecule has 2 nitrogen and oxygen atoms in total. The van der Waals surface area contributed by atoms with E-state index in [1.54, 1.807) is 0 Å². The summed E-state index contributed by atoms with van der Waals surface area (Å²) in [6, 6.07) is 28.0. The Morgan fingerprint density at radius 1 is 0.792 bits per heavy atom. The van der Waals surface area contributed by atoms with Gasteiger partial charge >= 0.3 is 5.97 Å². The van der Waals surface area contributed by atoms with Crippen LogP contribution in [0.4, 0.5) is 0 Å². The maximum atomic E-state index is 12.3. The van der Waals surface area contributed by atoms with Gasteiger partial charge in [0.15, 0.2) is 0 Å². The van der Waals surface area contributed by atoms with Gasteiger partial charge < -0.3 is 4.74 Å². The van der Waals surface area contributed by atoms with Gasteiger partial charge in [-0.15, -0.1) is 0 Å². The van der Waals surface area contributed by atoms with Gasteiger partial charge in [0, 0.05) is 0 Å². The molecule has 0 atom stereocenters. The fraction of sp³-hybridized carbons (Fsp3) is 0.0476. The van der Waals surface area contributed by atoms with Crippen molar-refractivity contribution < 1.29 is 9.53 Å². The average Bonchev–Trinajstić information content (AvgIpc) is 2.68. The molecule has 0 aliphatic carbocycles. The topological polar surface area (TPSA) is 26.3 Å². The van der Waals surface area contributed by atoms with Crippen molar-refractivity contribution in [1.29, 1.82) is 0 Å². The summed E-state index contributed by atoms with van der Waals surface area (Å²) in [5.74, 6) is -0.328. The molecule has 0 aliphatic rings. The second-order valence-electron chi connectivity index (χ2n) is 5.49. The standard InChI is InChI=1S/C21H19O2P/c1-23-21(22)19-15-9-10-16-20(19)24(2,17-11-5-3-6-12-17)18-13-7-4-8-14-18/h3-16H,2H2,1H3. The van der Waals surface area contributed by atoms with E-state index in [9.17, 15) is 4.79 Å². The van der Waals surface area contributed by atoms with Gasteiger partial charge in [0.2, 0.25) is 0 Å². The summed E-state index contributed by atoms with van der Waals surface area (Å²) in [4.78, 5) is 12.3. The molecule has 0 amide bonds. The van der Waals surface area contributed by atoms with Crippen LogP contribution in [0.25, 0.3) is 0 Å². The van der Waals surface area contributed by atoms with Crippen LogP contribution in [-0.2, 0) is 4.74 Å². The molecule has 0 N–H and O–H groups in total. The molecule has 0 radical (unpaired) electrons. The Morgan fingerprint density at radius 3 is 1.75 bits per heavy atom. The largest absolute Gasteiger partial charge is 0.465 e. The first-order chi connectivity index (χ1) is 11.7. The van der Waals surface area contributed by atoms with Crippen molar-refractivity contribution in [3.63, 3.8) is 0 Å². The predicted molar refractivity (Wildman–Crippen MR) is 104 cm³/mol. The van der Waals surface area contributed by atoms with Crippen LogP contribution in [0.3, 0.4) is 0 Å². The lowest BCUT2D eigenvalue weighted by atomic mass is 10.2. The number of rotatable bonds is 4. The minimum atomic E-state index is -2.18. The quantitative estimate of drug-likeness (QED) is 0.541. The van der Waals surface area contributed by atoms with E-state index in [2.05, 4.69) is 30.6 Å². The molecule has 0 heterocycles. The average molecular weight is 334 g/mol. The molecule has 0 bridgehead atoms. The van der Waals surface area contributed by atoms with Gasteiger partial charge in [-0.25, -0.2) is 4.79 Å². The fourth-order valence-electron chi connectivity index (χ4n) is 2.88. The van der Waals surface area contributed by atoms with Crippen LogP contribution >= 0.6 is 6.89 Å². The van der Waals surface area contributed by atoms with Crippen LogP contribution in [-0.4, -0.2) is 19.4 Å². The number of carbonyl (C=O) groups is 1. The zero-order chi connectivity index (χ0) is 17.0. The monoisotopic (exact) mass is 334 g/mol. The van der Waals surface area contributed by atoms with Crippen LogP contribution in [0.15, 0.2) is 84.9 Å². The van der Waals surface area contributed by atoms with Crippen LogP contribution in [0.1, 0.15) is 10.4 Å². The molecule has 0 fully saturated rings. The molecular weight excluding hydrogens is 315 g/mol. The molecule has 120 valence electrons. The molecule has 0 spiro atoms. The molecule has 3 heteroatoms. The minimum Gasteiger partial charge on any atom is -0.465 e. The number of methoxy groups -OCH3 is 1. The van der Waals surface area contributed by atoms with E-state index >= 15 is 0 Å². The van der Waals surface area contributed by atoms with E-state index in [-0.39, 0.29) is 5.97 Å². The highest BCUT2D eigenvalue weighted by molar-refractivity contribution is 7.93. The summed E-state index contributed by atoms with van der Waals surface area (Å²) >= 11 is 0. The van der Waals surface area contributed by atoms with Gasteiger partial charge in [-0.05, 0) is 28.9 Å². The van der Waals surface area contributed by atoms with Crippen LogP contribution in [0, 0.1) is 0 Å². The summed E-state index contributed by atoms with van der Waals surface area (Å²) in [5, 5.41) is 3.20. The summed E-state index contributed by atoms with van der Waals surface area (Å²) in [6.45, 7) is -2.18. The predicted octanol–water partition coefficient (Wildman–Crippen LogP) is 3.20. The Balaban J connectivity index is 2.33. The smallest absolute Gasteiger partial charge is 0.338 e. The Kier molecular flexibility index (Phi) is 4.69. The second-order valence-corrected chi connectivity index (χ2v) is 8.62. The van der Waals surface area contributed by atoms with E-state index in [1.165, 1.54) is 7.11 Å². The van der Waals surface area contributed by atoms with Gasteiger partial charge in [-0.2, -0.15) is 0 Å². The van der Waals surface area contributed by atoms with E-state index in [0.29, 0.717) is 5.56 Å². The Labute approximate surface area is 142 Å². The van der Waals surface area contributed by atoms with Crippen LogP contribution in [0.2, 0.25) is 0 Å². The van der Waals surface area contributed by atoms with Gasteiger partial charge in [0.05, 0.1) is 12.7 Å². The molecule has 0 saturated heterocycles. The molecule has 3 rings (SSSR count). The second kappa shape index (κ2) is 6.90. The molecule has 0 aromatic heterocycles. The summed E-state index contributed by atoms with van der Waals surface area (Å²) < 4.78 is 4.99. The highest BCUT2D eigenvalue weighted by Gasteiger charge is 2.26. The van der Waals surface area contributed by atoms with Gasteiger partial charge in [-0.1, -0.05) is 85.2 Å². The lowest BCUT2D eigenvalue weighted by Gasteiger charge is -2.28. The van der Waals surface area contributed by atoms with Crippen molar-refractivity contribution in [2.45, 2.75) is 0 Å². The first-order valence-corrected chi connectivity index (χ1v) is 9.68. The molecule has 3 aromatic rings. The number of hydrogen-bond donors (Lipinski definition) is 0. The van der Waals surface area contributed by atoms with Crippen molar-refractivity contribution >= 4 is 35.1 Å². The number of ether oxygens (including phenoxy) is 1. The molecule has 0 unspecified atom stereocenters. The third-order valence-corrected chi connectivity index (χ3v) is 7.69. The lowest BCUT2D eigenvalue weighted by Crippen LogP contribution is -2.29. The van der Waals surface area contributed by atoms with E-state index < -0.39 is 6.89 Å². The van der Waals surface area contributed by atoms with E-state index in [4.69, 9.17) is 4.74 Å². The van der Waals surface area contributed by atoms with E-state index in [1.807, 2.05) is 60.7 Å². The van der Waals surface area contributed by atoms with Gasteiger partial charge in [0.1, 0.15) is 0 Å². The van der Waals surface area contributed by atoms with Crippen molar-refractivity contribution in [3.05, 3.63) is 90.5 Å². The minimum absolute atomic E-state index is 0.328. The van der Waals surface area contributed by atoms with Crippen LogP contribution in [0.5, 0.6) is 0 Å². The highest BCUT2D eigenvalue weighted by atomic mass is 31.2. The van der Waals surface area contributed by atoms with Crippen molar-refractivity contribution in [2.75, 3.05) is 7.11 Å². The lowest BCUT2D eigenvalue weighted by molar-refractivity contribution is 0.0602. The SMILES string of the molecule is C=P(c1ccccc1)(c1ccccc1)c1ccccc1C(=O)OC. The summed E-state index contributed by atoms with van der Waals surface area (Å²) in [7, 11) is 1.41. The third kappa shape index (κ3) is 2.81. The van der Waals surface area contributed by atoms with Crippen molar-refractivity contribution in [3.8, 4) is 0 Å². The maximum absolute atomic E-state index is 12.3. The Morgan fingerprint density at radius 2 is 1.25 bits per heavy atom. The van der Waals surface area contributed by atoms with Crippen molar-refractivity contribution in [2.24, 2.45) is 0 Å². The molecular formula is C21H19O2P. The number of esters is 1. The highest BCUT2D eigenvalue weighted by Crippen LogP contribution is 2.42. The molecule has 0 saturated carbocycles. The Hall–Kier alpha value is -2.57. The number of hydrogen-bond acceptors (Lipinski definition) is 2. The zero-order valence-electron chi connectivity index (χ0n) is 13.6. The normalized spacial score (nSPS) is 11.0. The van der Waals surface area contributed by atoms with Crippen LogP contribution < -0.4 is 15.9 Å².